The number of pyridine rings is 1. The van der Waals surface area contributed by atoms with Gasteiger partial charge in [0.05, 0.1) is 10.6 Å². The van der Waals surface area contributed by atoms with Crippen molar-refractivity contribution in [3.63, 3.8) is 0 Å². The first-order valence-corrected chi connectivity index (χ1v) is 8.46. The van der Waals surface area contributed by atoms with Crippen molar-refractivity contribution in [3.05, 3.63) is 28.5 Å². The molecule has 0 aromatic carbocycles. The average molecular weight is 307 g/mol. The molecule has 0 N–H and O–H groups in total. The zero-order chi connectivity index (χ0) is 14.8. The van der Waals surface area contributed by atoms with Gasteiger partial charge in [-0.1, -0.05) is 30.9 Å². The maximum absolute atomic E-state index is 12.8. The third kappa shape index (κ3) is 3.57. The van der Waals surface area contributed by atoms with Gasteiger partial charge in [-0.2, -0.15) is 0 Å². The number of aromatic nitrogens is 1. The Hall–Kier alpha value is -1.09. The summed E-state index contributed by atoms with van der Waals surface area (Å²) < 4.78 is 0. The molecule has 2 fully saturated rings. The molecule has 0 aliphatic heterocycles. The third-order valence-electron chi connectivity index (χ3n) is 4.65. The van der Waals surface area contributed by atoms with E-state index in [9.17, 15) is 4.79 Å². The first-order chi connectivity index (χ1) is 10.1. The van der Waals surface area contributed by atoms with Gasteiger partial charge in [0.15, 0.2) is 0 Å². The quantitative estimate of drug-likeness (QED) is 0.834. The van der Waals surface area contributed by atoms with Gasteiger partial charge in [0.2, 0.25) is 0 Å². The van der Waals surface area contributed by atoms with Gasteiger partial charge in [0.1, 0.15) is 0 Å². The van der Waals surface area contributed by atoms with Gasteiger partial charge in [-0.05, 0) is 44.6 Å². The molecule has 0 radical (unpaired) electrons. The fraction of sp³-hybridized carbons (Fsp3) is 0.647. The minimum absolute atomic E-state index is 0.0700. The molecule has 0 unspecified atom stereocenters. The van der Waals surface area contributed by atoms with Gasteiger partial charge in [-0.25, -0.2) is 0 Å². The van der Waals surface area contributed by atoms with E-state index < -0.39 is 0 Å². The lowest BCUT2D eigenvalue weighted by molar-refractivity contribution is 0.0698. The number of amides is 1. The predicted molar refractivity (Wildman–Crippen MR) is 84.6 cm³/mol. The van der Waals surface area contributed by atoms with Crippen LogP contribution in [0.2, 0.25) is 5.02 Å². The standard InChI is InChI=1S/C17H23ClN2O/c1-12-9-16(18)15(10-19-12)17(21)20(14-7-8-14)11-13-5-3-2-4-6-13/h9-10,13-14H,2-8,11H2,1H3. The maximum atomic E-state index is 12.8. The van der Waals surface area contributed by atoms with E-state index in [2.05, 4.69) is 9.88 Å². The number of aryl methyl sites for hydroxylation is 1. The molecule has 2 aliphatic rings. The highest BCUT2D eigenvalue weighted by Gasteiger charge is 2.35. The van der Waals surface area contributed by atoms with E-state index >= 15 is 0 Å². The molecule has 4 heteroatoms. The van der Waals surface area contributed by atoms with Gasteiger partial charge < -0.3 is 4.90 Å². The number of hydrogen-bond acceptors (Lipinski definition) is 2. The lowest BCUT2D eigenvalue weighted by Gasteiger charge is -2.30. The topological polar surface area (TPSA) is 33.2 Å². The molecule has 0 atom stereocenters. The smallest absolute Gasteiger partial charge is 0.257 e. The summed E-state index contributed by atoms with van der Waals surface area (Å²) in [5.41, 5.74) is 1.41. The van der Waals surface area contributed by atoms with Crippen molar-refractivity contribution >= 4 is 17.5 Å². The Bertz CT molecular complexity index is 522. The van der Waals surface area contributed by atoms with Crippen molar-refractivity contribution in [2.24, 2.45) is 5.92 Å². The molecule has 1 heterocycles. The van der Waals surface area contributed by atoms with Crippen molar-refractivity contribution in [3.8, 4) is 0 Å². The highest BCUT2D eigenvalue weighted by molar-refractivity contribution is 6.33. The number of rotatable bonds is 4. The van der Waals surface area contributed by atoms with Crippen molar-refractivity contribution in [1.82, 2.24) is 9.88 Å². The fourth-order valence-electron chi connectivity index (χ4n) is 3.27. The van der Waals surface area contributed by atoms with Crippen LogP contribution in [0.4, 0.5) is 0 Å². The van der Waals surface area contributed by atoms with Crippen LogP contribution in [0.1, 0.15) is 61.0 Å². The highest BCUT2D eigenvalue weighted by Crippen LogP contribution is 2.33. The summed E-state index contributed by atoms with van der Waals surface area (Å²) in [4.78, 5) is 19.1. The van der Waals surface area contributed by atoms with E-state index in [4.69, 9.17) is 11.6 Å². The summed E-state index contributed by atoms with van der Waals surface area (Å²) in [7, 11) is 0. The van der Waals surface area contributed by atoms with Gasteiger partial charge >= 0.3 is 0 Å². The molecule has 0 spiro atoms. The van der Waals surface area contributed by atoms with Crippen molar-refractivity contribution in [1.29, 1.82) is 0 Å². The van der Waals surface area contributed by atoms with Crippen molar-refractivity contribution < 1.29 is 4.79 Å². The summed E-state index contributed by atoms with van der Waals surface area (Å²) in [6.07, 6.45) is 10.4. The lowest BCUT2D eigenvalue weighted by atomic mass is 9.89. The Balaban J connectivity index is 1.75. The van der Waals surface area contributed by atoms with Crippen LogP contribution in [0.3, 0.4) is 0 Å². The number of carbonyl (C=O) groups excluding carboxylic acids is 1. The normalized spacial score (nSPS) is 19.5. The van der Waals surface area contributed by atoms with Crippen LogP contribution in [0.15, 0.2) is 12.3 Å². The minimum Gasteiger partial charge on any atom is -0.335 e. The van der Waals surface area contributed by atoms with Crippen LogP contribution in [-0.4, -0.2) is 28.4 Å². The molecule has 3 nitrogen and oxygen atoms in total. The van der Waals surface area contributed by atoms with Crippen molar-refractivity contribution in [2.75, 3.05) is 6.54 Å². The minimum atomic E-state index is 0.0700. The zero-order valence-electron chi connectivity index (χ0n) is 12.6. The van der Waals surface area contributed by atoms with Gasteiger partial charge in [-0.3, -0.25) is 9.78 Å². The molecular weight excluding hydrogens is 284 g/mol. The SMILES string of the molecule is Cc1cc(Cl)c(C(=O)N(CC2CCCCC2)C2CC2)cn1. The number of carbonyl (C=O) groups is 1. The zero-order valence-corrected chi connectivity index (χ0v) is 13.4. The Morgan fingerprint density at radius 3 is 2.62 bits per heavy atom. The van der Waals surface area contributed by atoms with Crippen LogP contribution in [0.5, 0.6) is 0 Å². The summed E-state index contributed by atoms with van der Waals surface area (Å²) in [5.74, 6) is 0.737. The molecule has 1 aromatic rings. The predicted octanol–water partition coefficient (Wildman–Crippen LogP) is 4.23. The second-order valence-corrected chi connectivity index (χ2v) is 6.91. The second-order valence-electron chi connectivity index (χ2n) is 6.50. The second kappa shape index (κ2) is 6.35. The number of nitrogens with zero attached hydrogens (tertiary/aromatic N) is 2. The molecular formula is C17H23ClN2O. The summed E-state index contributed by atoms with van der Waals surface area (Å²) >= 11 is 6.25. The summed E-state index contributed by atoms with van der Waals surface area (Å²) in [6, 6.07) is 2.21. The highest BCUT2D eigenvalue weighted by atomic mass is 35.5. The maximum Gasteiger partial charge on any atom is 0.257 e. The Morgan fingerprint density at radius 1 is 1.29 bits per heavy atom. The molecule has 2 saturated carbocycles. The Labute approximate surface area is 131 Å². The molecule has 114 valence electrons. The molecule has 2 aliphatic carbocycles. The average Bonchev–Trinajstić information content (AvgIpc) is 3.30. The molecule has 0 saturated heterocycles. The van der Waals surface area contributed by atoms with Crippen LogP contribution in [-0.2, 0) is 0 Å². The van der Waals surface area contributed by atoms with E-state index in [1.54, 1.807) is 12.3 Å². The Kier molecular flexibility index (Phi) is 4.48. The third-order valence-corrected chi connectivity index (χ3v) is 4.96. The van der Waals surface area contributed by atoms with Crippen molar-refractivity contribution in [2.45, 2.75) is 57.9 Å². The van der Waals surface area contributed by atoms with E-state index in [0.717, 1.165) is 25.1 Å². The van der Waals surface area contributed by atoms with Gasteiger partial charge in [-0.15, -0.1) is 0 Å². The summed E-state index contributed by atoms with van der Waals surface area (Å²) in [5, 5.41) is 0.529. The number of halogens is 1. The van der Waals surface area contributed by atoms with E-state index in [-0.39, 0.29) is 5.91 Å². The van der Waals surface area contributed by atoms with Crippen LogP contribution in [0.25, 0.3) is 0 Å². The Morgan fingerprint density at radius 2 is 2.00 bits per heavy atom. The van der Waals surface area contributed by atoms with Crippen LogP contribution >= 0.6 is 11.6 Å². The van der Waals surface area contributed by atoms with E-state index in [1.807, 2.05) is 6.92 Å². The van der Waals surface area contributed by atoms with Crippen LogP contribution in [0, 0.1) is 12.8 Å². The van der Waals surface area contributed by atoms with Gasteiger partial charge in [0.25, 0.3) is 5.91 Å². The van der Waals surface area contributed by atoms with E-state index in [1.165, 1.54) is 32.1 Å². The molecule has 3 rings (SSSR count). The molecule has 0 bridgehead atoms. The monoisotopic (exact) mass is 306 g/mol. The molecule has 21 heavy (non-hydrogen) atoms. The summed E-state index contributed by atoms with van der Waals surface area (Å²) in [6.45, 7) is 2.79. The molecule has 1 aromatic heterocycles. The molecule has 1 amide bonds. The van der Waals surface area contributed by atoms with Gasteiger partial charge in [0, 0.05) is 24.5 Å². The number of hydrogen-bond donors (Lipinski definition) is 0. The van der Waals surface area contributed by atoms with E-state index in [0.29, 0.717) is 22.5 Å². The largest absolute Gasteiger partial charge is 0.335 e. The fourth-order valence-corrected chi connectivity index (χ4v) is 3.56. The van der Waals surface area contributed by atoms with Crippen LogP contribution < -0.4 is 0 Å². The first kappa shape index (κ1) is 14.8. The first-order valence-electron chi connectivity index (χ1n) is 8.08. The lowest BCUT2D eigenvalue weighted by Crippen LogP contribution is -2.38.